The summed E-state index contributed by atoms with van der Waals surface area (Å²) in [7, 11) is 1.51. The number of nitro benzene ring substituents is 1. The molecule has 0 bridgehead atoms. The van der Waals surface area contributed by atoms with Crippen LogP contribution in [0.15, 0.2) is 83.0 Å². The molecule has 0 unspecified atom stereocenters. The van der Waals surface area contributed by atoms with Crippen LogP contribution in [-0.4, -0.2) is 12.0 Å². The quantitative estimate of drug-likeness (QED) is 0.342. The first-order chi connectivity index (χ1) is 12.2. The number of nitro groups is 1. The summed E-state index contributed by atoms with van der Waals surface area (Å²) in [4.78, 5) is 10.9. The highest BCUT2D eigenvalue weighted by molar-refractivity contribution is 5.79. The highest BCUT2D eigenvalue weighted by atomic mass is 16.6. The molecule has 0 saturated heterocycles. The molecule has 0 aromatic heterocycles. The fourth-order valence-corrected chi connectivity index (χ4v) is 2.43. The summed E-state index contributed by atoms with van der Waals surface area (Å²) in [6.07, 6.45) is 0. The van der Waals surface area contributed by atoms with E-state index in [-0.39, 0.29) is 5.69 Å². The summed E-state index contributed by atoms with van der Waals surface area (Å²) in [6, 6.07) is 21.3. The Kier molecular flexibility index (Phi) is 4.80. The van der Waals surface area contributed by atoms with Crippen LogP contribution in [0.25, 0.3) is 11.1 Å². The first kappa shape index (κ1) is 16.3. The van der Waals surface area contributed by atoms with Crippen LogP contribution < -0.4 is 4.74 Å². The first-order valence-electron chi connectivity index (χ1n) is 7.57. The maximum Gasteiger partial charge on any atom is 0.272 e. The number of azo groups is 1. The lowest BCUT2D eigenvalue weighted by Gasteiger charge is -2.11. The lowest BCUT2D eigenvalue weighted by atomic mass is 10.0. The molecule has 0 fully saturated rings. The average molecular weight is 333 g/mol. The molecular weight excluding hydrogens is 318 g/mol. The van der Waals surface area contributed by atoms with Crippen LogP contribution in [0.1, 0.15) is 0 Å². The standard InChI is InChI=1S/C19H15N3O3/c1-25-19-17(14-8-4-2-5-9-14)12-16(22(23)24)13-18(19)21-20-15-10-6-3-7-11-15/h2-13H,1H3. The molecular formula is C19H15N3O3. The largest absolute Gasteiger partial charge is 0.494 e. The Bertz CT molecular complexity index is 910. The van der Waals surface area contributed by atoms with Gasteiger partial charge in [-0.2, -0.15) is 5.11 Å². The maximum absolute atomic E-state index is 11.3. The number of nitrogens with zero attached hydrogens (tertiary/aromatic N) is 3. The van der Waals surface area contributed by atoms with Crippen molar-refractivity contribution in [2.75, 3.05) is 7.11 Å². The molecule has 3 rings (SSSR count). The van der Waals surface area contributed by atoms with Crippen molar-refractivity contribution < 1.29 is 9.66 Å². The average Bonchev–Trinajstić information content (AvgIpc) is 2.67. The van der Waals surface area contributed by atoms with E-state index in [1.165, 1.54) is 19.2 Å². The number of ether oxygens (including phenoxy) is 1. The smallest absolute Gasteiger partial charge is 0.272 e. The van der Waals surface area contributed by atoms with E-state index in [1.807, 2.05) is 48.5 Å². The number of hydrogen-bond donors (Lipinski definition) is 0. The second kappa shape index (κ2) is 7.35. The number of methoxy groups -OCH3 is 1. The number of rotatable bonds is 5. The van der Waals surface area contributed by atoms with E-state index in [0.717, 1.165) is 5.56 Å². The summed E-state index contributed by atoms with van der Waals surface area (Å²) in [5.74, 6) is 0.441. The zero-order valence-electron chi connectivity index (χ0n) is 13.5. The van der Waals surface area contributed by atoms with Crippen molar-refractivity contribution in [3.63, 3.8) is 0 Å². The number of hydrogen-bond acceptors (Lipinski definition) is 5. The van der Waals surface area contributed by atoms with Gasteiger partial charge in [-0.25, -0.2) is 0 Å². The van der Waals surface area contributed by atoms with Gasteiger partial charge in [-0.1, -0.05) is 48.5 Å². The Hall–Kier alpha value is -3.54. The van der Waals surface area contributed by atoms with Crippen LogP contribution >= 0.6 is 0 Å². The lowest BCUT2D eigenvalue weighted by molar-refractivity contribution is -0.384. The maximum atomic E-state index is 11.3. The molecule has 6 nitrogen and oxygen atoms in total. The summed E-state index contributed by atoms with van der Waals surface area (Å²) in [6.45, 7) is 0. The Morgan fingerprint density at radius 1 is 0.920 bits per heavy atom. The van der Waals surface area contributed by atoms with Gasteiger partial charge in [0.05, 0.1) is 17.7 Å². The van der Waals surface area contributed by atoms with Gasteiger partial charge in [0.25, 0.3) is 5.69 Å². The minimum absolute atomic E-state index is 0.0679. The van der Waals surface area contributed by atoms with Crippen molar-refractivity contribution in [2.24, 2.45) is 10.2 Å². The van der Waals surface area contributed by atoms with Gasteiger partial charge in [-0.3, -0.25) is 10.1 Å². The third-order valence-electron chi connectivity index (χ3n) is 3.58. The molecule has 0 N–H and O–H groups in total. The van der Waals surface area contributed by atoms with Gasteiger partial charge in [0.2, 0.25) is 0 Å². The first-order valence-corrected chi connectivity index (χ1v) is 7.57. The van der Waals surface area contributed by atoms with E-state index < -0.39 is 4.92 Å². The molecule has 6 heteroatoms. The molecule has 0 radical (unpaired) electrons. The van der Waals surface area contributed by atoms with E-state index in [2.05, 4.69) is 10.2 Å². The molecule has 0 aliphatic heterocycles. The van der Waals surface area contributed by atoms with Crippen molar-refractivity contribution in [1.82, 2.24) is 0 Å². The van der Waals surface area contributed by atoms with Gasteiger partial charge in [0.15, 0.2) is 5.75 Å². The molecule has 0 heterocycles. The van der Waals surface area contributed by atoms with E-state index >= 15 is 0 Å². The zero-order chi connectivity index (χ0) is 17.6. The normalized spacial score (nSPS) is 10.8. The fraction of sp³-hybridized carbons (Fsp3) is 0.0526. The number of non-ortho nitro benzene ring substituents is 1. The van der Waals surface area contributed by atoms with Crippen LogP contribution in [0.2, 0.25) is 0 Å². The predicted octanol–water partition coefficient (Wildman–Crippen LogP) is 5.69. The molecule has 0 spiro atoms. The van der Waals surface area contributed by atoms with Gasteiger partial charge in [-0.15, -0.1) is 5.11 Å². The Labute approximate surface area is 144 Å². The van der Waals surface area contributed by atoms with Crippen molar-refractivity contribution in [3.05, 3.63) is 82.9 Å². The van der Waals surface area contributed by atoms with E-state index in [1.54, 1.807) is 12.1 Å². The minimum atomic E-state index is -0.451. The van der Waals surface area contributed by atoms with Crippen LogP contribution in [0.5, 0.6) is 5.75 Å². The molecule has 3 aromatic carbocycles. The Morgan fingerprint density at radius 2 is 1.56 bits per heavy atom. The van der Waals surface area contributed by atoms with Crippen molar-refractivity contribution in [1.29, 1.82) is 0 Å². The van der Waals surface area contributed by atoms with E-state index in [9.17, 15) is 10.1 Å². The van der Waals surface area contributed by atoms with Crippen LogP contribution in [0.4, 0.5) is 17.1 Å². The summed E-state index contributed by atoms with van der Waals surface area (Å²) in [5.41, 5.74) is 2.29. The van der Waals surface area contributed by atoms with E-state index in [4.69, 9.17) is 4.74 Å². The highest BCUT2D eigenvalue weighted by Crippen LogP contribution is 2.42. The van der Waals surface area contributed by atoms with Gasteiger partial charge in [0, 0.05) is 17.7 Å². The van der Waals surface area contributed by atoms with Gasteiger partial charge >= 0.3 is 0 Å². The minimum Gasteiger partial charge on any atom is -0.494 e. The highest BCUT2D eigenvalue weighted by Gasteiger charge is 2.18. The molecule has 25 heavy (non-hydrogen) atoms. The topological polar surface area (TPSA) is 77.1 Å². The van der Waals surface area contributed by atoms with Crippen LogP contribution in [0.3, 0.4) is 0 Å². The third kappa shape index (κ3) is 3.69. The SMILES string of the molecule is COc1c(N=Nc2ccccc2)cc([N+](=O)[O-])cc1-c1ccccc1. The molecule has 0 aliphatic carbocycles. The number of benzene rings is 3. The summed E-state index contributed by atoms with van der Waals surface area (Å²) in [5, 5.41) is 19.6. The van der Waals surface area contributed by atoms with Gasteiger partial charge in [-0.05, 0) is 17.7 Å². The van der Waals surface area contributed by atoms with Crippen molar-refractivity contribution in [2.45, 2.75) is 0 Å². The second-order valence-electron chi connectivity index (χ2n) is 5.20. The predicted molar refractivity (Wildman–Crippen MR) is 95.7 cm³/mol. The second-order valence-corrected chi connectivity index (χ2v) is 5.20. The van der Waals surface area contributed by atoms with E-state index in [0.29, 0.717) is 22.7 Å². The molecule has 0 amide bonds. The summed E-state index contributed by atoms with van der Waals surface area (Å²) >= 11 is 0. The molecule has 0 saturated carbocycles. The zero-order valence-corrected chi connectivity index (χ0v) is 13.5. The molecule has 0 atom stereocenters. The Balaban J connectivity index is 2.15. The van der Waals surface area contributed by atoms with Crippen LogP contribution in [-0.2, 0) is 0 Å². The molecule has 124 valence electrons. The molecule has 3 aromatic rings. The van der Waals surface area contributed by atoms with Gasteiger partial charge < -0.3 is 4.74 Å². The summed E-state index contributed by atoms with van der Waals surface area (Å²) < 4.78 is 5.48. The van der Waals surface area contributed by atoms with Crippen LogP contribution in [0, 0.1) is 10.1 Å². The third-order valence-corrected chi connectivity index (χ3v) is 3.58. The monoisotopic (exact) mass is 333 g/mol. The van der Waals surface area contributed by atoms with Crippen molar-refractivity contribution in [3.8, 4) is 16.9 Å². The van der Waals surface area contributed by atoms with Crippen molar-refractivity contribution >= 4 is 17.1 Å². The van der Waals surface area contributed by atoms with Gasteiger partial charge in [0.1, 0.15) is 5.69 Å². The fourth-order valence-electron chi connectivity index (χ4n) is 2.43. The molecule has 0 aliphatic rings. The lowest BCUT2D eigenvalue weighted by Crippen LogP contribution is -1.93. The Morgan fingerprint density at radius 3 is 2.16 bits per heavy atom.